The van der Waals surface area contributed by atoms with Crippen LogP contribution in [0.2, 0.25) is 5.82 Å². The van der Waals surface area contributed by atoms with E-state index >= 15 is 0 Å². The van der Waals surface area contributed by atoms with Crippen molar-refractivity contribution in [3.8, 4) is 0 Å². The molecule has 0 aliphatic heterocycles. The van der Waals surface area contributed by atoms with Gasteiger partial charge in [-0.3, -0.25) is 0 Å². The van der Waals surface area contributed by atoms with Crippen LogP contribution in [0.25, 0.3) is 0 Å². The Hall–Kier alpha value is -0.240. The van der Waals surface area contributed by atoms with E-state index in [0.717, 1.165) is 0 Å². The predicted molar refractivity (Wildman–Crippen MR) is 48.2 cm³/mol. The fourth-order valence-corrected chi connectivity index (χ4v) is 0.571. The lowest BCUT2D eigenvalue weighted by molar-refractivity contribution is 0.244. The molecule has 0 heterocycles. The van der Waals surface area contributed by atoms with Gasteiger partial charge in [0.25, 0.3) is 0 Å². The molecule has 0 fully saturated rings. The van der Waals surface area contributed by atoms with Crippen molar-refractivity contribution in [2.75, 3.05) is 0 Å². The summed E-state index contributed by atoms with van der Waals surface area (Å²) in [6.07, 6.45) is 0.0829. The zero-order valence-corrected chi connectivity index (χ0v) is 7.63. The van der Waals surface area contributed by atoms with Crippen LogP contribution in [-0.4, -0.2) is 26.4 Å². The van der Waals surface area contributed by atoms with E-state index in [0.29, 0.717) is 0 Å². The lowest BCUT2D eigenvalue weighted by Gasteiger charge is -2.05. The highest BCUT2D eigenvalue weighted by Crippen LogP contribution is 1.97. The van der Waals surface area contributed by atoms with Crippen LogP contribution in [0.1, 0.15) is 27.7 Å². The van der Waals surface area contributed by atoms with Gasteiger partial charge in [-0.15, -0.1) is 0 Å². The van der Waals surface area contributed by atoms with Crippen LogP contribution in [0, 0.1) is 0 Å². The Kier molecular flexibility index (Phi) is 5.30. The molecule has 0 saturated carbocycles. The second-order valence-corrected chi connectivity index (χ2v) is 3.12. The standard InChI is InChI=1S/C7H14B2O2/c1-5(2)8-7(10)9-11-6(3)4/h5-6H,1-4H3. The molecule has 0 aromatic carbocycles. The lowest BCUT2D eigenvalue weighted by atomic mass is 9.54. The van der Waals surface area contributed by atoms with Gasteiger partial charge < -0.3 is 9.45 Å². The summed E-state index contributed by atoms with van der Waals surface area (Å²) >= 11 is 0. The number of rotatable bonds is 5. The zero-order valence-electron chi connectivity index (χ0n) is 7.63. The summed E-state index contributed by atoms with van der Waals surface area (Å²) in [7, 11) is 2.90. The molecule has 0 aliphatic carbocycles. The van der Waals surface area contributed by atoms with Crippen LogP contribution in [0.3, 0.4) is 0 Å². The largest absolute Gasteiger partial charge is 0.430 e. The fraction of sp³-hybridized carbons (Fsp3) is 0.857. The Bertz CT molecular complexity index is 124. The molecule has 0 rings (SSSR count). The van der Waals surface area contributed by atoms with Crippen molar-refractivity contribution in [1.29, 1.82) is 0 Å². The lowest BCUT2D eigenvalue weighted by Crippen LogP contribution is -2.22. The van der Waals surface area contributed by atoms with Crippen LogP contribution in [0.5, 0.6) is 0 Å². The molecule has 0 amide bonds. The number of hydrogen-bond donors (Lipinski definition) is 0. The Morgan fingerprint density at radius 3 is 2.18 bits per heavy atom. The quantitative estimate of drug-likeness (QED) is 0.560. The van der Waals surface area contributed by atoms with Gasteiger partial charge in [0.1, 0.15) is 0 Å². The molecular weight excluding hydrogens is 138 g/mol. The van der Waals surface area contributed by atoms with Crippen LogP contribution in [0.15, 0.2) is 0 Å². The second-order valence-electron chi connectivity index (χ2n) is 3.12. The first-order valence-corrected chi connectivity index (χ1v) is 3.90. The summed E-state index contributed by atoms with van der Waals surface area (Å²) in [5, 5.41) is 0. The highest BCUT2D eigenvalue weighted by atomic mass is 16.4. The molecule has 0 unspecified atom stereocenters. The summed E-state index contributed by atoms with van der Waals surface area (Å²) in [6, 6.07) is 0. The first-order chi connectivity index (χ1) is 5.02. The van der Waals surface area contributed by atoms with Crippen LogP contribution in [-0.2, 0) is 4.65 Å². The number of carbonyl (C=O) groups excluding carboxylic acids is 1. The Balaban J connectivity index is 3.38. The minimum atomic E-state index is -0.0475. The van der Waals surface area contributed by atoms with E-state index in [2.05, 4.69) is 0 Å². The Morgan fingerprint density at radius 1 is 1.27 bits per heavy atom. The van der Waals surface area contributed by atoms with Crippen LogP contribution in [0.4, 0.5) is 4.79 Å². The average Bonchev–Trinajstić information content (AvgIpc) is 1.82. The smallest absolute Gasteiger partial charge is 0.360 e. The van der Waals surface area contributed by atoms with Gasteiger partial charge in [-0.1, -0.05) is 19.7 Å². The number of carbonyl (C=O) groups is 1. The van der Waals surface area contributed by atoms with Crippen LogP contribution >= 0.6 is 0 Å². The first kappa shape index (κ1) is 10.8. The van der Waals surface area contributed by atoms with Crippen molar-refractivity contribution in [1.82, 2.24) is 0 Å². The highest BCUT2D eigenvalue weighted by molar-refractivity contribution is 7.01. The minimum absolute atomic E-state index is 0.0475. The molecular formula is C7H14B2O2. The van der Waals surface area contributed by atoms with E-state index < -0.39 is 0 Å². The van der Waals surface area contributed by atoms with Gasteiger partial charge in [0, 0.05) is 6.10 Å². The molecule has 0 N–H and O–H groups in total. The molecule has 60 valence electrons. The van der Waals surface area contributed by atoms with Gasteiger partial charge in [0.2, 0.25) is 0 Å². The average molecular weight is 152 g/mol. The van der Waals surface area contributed by atoms with Crippen molar-refractivity contribution in [3.05, 3.63) is 0 Å². The third-order valence-corrected chi connectivity index (χ3v) is 0.954. The monoisotopic (exact) mass is 152 g/mol. The Morgan fingerprint density at radius 2 is 1.82 bits per heavy atom. The van der Waals surface area contributed by atoms with E-state index in [-0.39, 0.29) is 17.5 Å². The van der Waals surface area contributed by atoms with E-state index in [4.69, 9.17) is 4.65 Å². The fourth-order valence-electron chi connectivity index (χ4n) is 0.571. The van der Waals surface area contributed by atoms with Crippen molar-refractivity contribution >= 4 is 20.3 Å². The molecule has 4 heteroatoms. The van der Waals surface area contributed by atoms with Gasteiger partial charge >= 0.3 is 7.48 Å². The summed E-state index contributed by atoms with van der Waals surface area (Å²) in [5.74, 6) is 0.287. The summed E-state index contributed by atoms with van der Waals surface area (Å²) in [4.78, 5) is 10.9. The van der Waals surface area contributed by atoms with Crippen molar-refractivity contribution in [3.63, 3.8) is 0 Å². The van der Waals surface area contributed by atoms with Gasteiger partial charge in [-0.25, -0.2) is 0 Å². The molecule has 0 saturated heterocycles. The maximum Gasteiger partial charge on any atom is 0.360 e. The van der Waals surface area contributed by atoms with Crippen molar-refractivity contribution in [2.24, 2.45) is 0 Å². The molecule has 0 atom stereocenters. The van der Waals surface area contributed by atoms with Gasteiger partial charge in [-0.2, -0.15) is 0 Å². The zero-order chi connectivity index (χ0) is 8.85. The third kappa shape index (κ3) is 7.66. The topological polar surface area (TPSA) is 26.3 Å². The van der Waals surface area contributed by atoms with E-state index in [1.54, 1.807) is 7.28 Å². The SMILES string of the molecule is CC(C)[B]C(=O)[B]OC(C)C. The van der Waals surface area contributed by atoms with E-state index in [9.17, 15) is 4.79 Å². The molecule has 0 spiro atoms. The third-order valence-electron chi connectivity index (χ3n) is 0.954. The van der Waals surface area contributed by atoms with E-state index in [1.807, 2.05) is 27.7 Å². The second kappa shape index (κ2) is 5.42. The predicted octanol–water partition coefficient (Wildman–Crippen LogP) is 1.68. The van der Waals surface area contributed by atoms with Crippen LogP contribution < -0.4 is 0 Å². The molecule has 0 aromatic heterocycles. The van der Waals surface area contributed by atoms with Gasteiger partial charge in [-0.05, 0) is 13.8 Å². The molecule has 0 aliphatic rings. The number of hydrogen-bond acceptors (Lipinski definition) is 2. The molecule has 0 aromatic rings. The first-order valence-electron chi connectivity index (χ1n) is 3.90. The molecule has 2 nitrogen and oxygen atoms in total. The summed E-state index contributed by atoms with van der Waals surface area (Å²) in [5.41, 5.74) is -0.0475. The maximum atomic E-state index is 10.9. The Labute approximate surface area is 70.2 Å². The maximum absolute atomic E-state index is 10.9. The minimum Gasteiger partial charge on any atom is -0.430 e. The molecule has 2 radical (unpaired) electrons. The normalized spacial score (nSPS) is 10.4. The van der Waals surface area contributed by atoms with E-state index in [1.165, 1.54) is 7.48 Å². The molecule has 0 bridgehead atoms. The van der Waals surface area contributed by atoms with Gasteiger partial charge in [0.05, 0.1) is 5.58 Å². The van der Waals surface area contributed by atoms with Crippen molar-refractivity contribution < 1.29 is 9.45 Å². The van der Waals surface area contributed by atoms with Gasteiger partial charge in [0.15, 0.2) is 7.28 Å². The summed E-state index contributed by atoms with van der Waals surface area (Å²) < 4.78 is 5.00. The summed E-state index contributed by atoms with van der Waals surface area (Å²) in [6.45, 7) is 7.69. The van der Waals surface area contributed by atoms with Crippen molar-refractivity contribution in [2.45, 2.75) is 39.6 Å². The molecule has 11 heavy (non-hydrogen) atoms. The highest BCUT2D eigenvalue weighted by Gasteiger charge is 2.10.